The second kappa shape index (κ2) is 6.57. The minimum atomic E-state index is -4.35. The average Bonchev–Trinajstić information content (AvgIpc) is 3.27. The van der Waals surface area contributed by atoms with Crippen LogP contribution in [0.2, 0.25) is 0 Å². The van der Waals surface area contributed by atoms with E-state index in [1.165, 1.54) is 12.1 Å². The van der Waals surface area contributed by atoms with E-state index < -0.39 is 11.7 Å². The Morgan fingerprint density at radius 1 is 1.07 bits per heavy atom. The highest BCUT2D eigenvalue weighted by atomic mass is 19.4. The first-order valence-electron chi connectivity index (χ1n) is 8.48. The number of hydrogen-bond donors (Lipinski definition) is 1. The summed E-state index contributed by atoms with van der Waals surface area (Å²) in [5.41, 5.74) is 1.70. The summed E-state index contributed by atoms with van der Waals surface area (Å²) in [6.45, 7) is 0. The van der Waals surface area contributed by atoms with Crippen LogP contribution in [0.15, 0.2) is 67.3 Å². The van der Waals surface area contributed by atoms with Crippen molar-refractivity contribution in [1.82, 2.24) is 9.55 Å². The van der Waals surface area contributed by atoms with Crippen molar-refractivity contribution in [2.45, 2.75) is 18.5 Å². The van der Waals surface area contributed by atoms with Crippen molar-refractivity contribution in [3.8, 4) is 5.69 Å². The lowest BCUT2D eigenvalue weighted by atomic mass is 10.1. The number of benzene rings is 2. The third-order valence-electron chi connectivity index (χ3n) is 4.73. The molecule has 1 saturated carbocycles. The maximum Gasteiger partial charge on any atom is 0.416 e. The Morgan fingerprint density at radius 2 is 1.78 bits per heavy atom. The molecule has 0 aliphatic heterocycles. The van der Waals surface area contributed by atoms with Gasteiger partial charge in [0.2, 0.25) is 5.91 Å². The summed E-state index contributed by atoms with van der Waals surface area (Å²) in [7, 11) is 0. The quantitative estimate of drug-likeness (QED) is 0.727. The summed E-state index contributed by atoms with van der Waals surface area (Å²) >= 11 is 0. The topological polar surface area (TPSA) is 46.9 Å². The highest BCUT2D eigenvalue weighted by molar-refractivity contribution is 5.95. The van der Waals surface area contributed by atoms with E-state index in [-0.39, 0.29) is 17.7 Å². The van der Waals surface area contributed by atoms with Gasteiger partial charge in [-0.25, -0.2) is 4.98 Å². The lowest BCUT2D eigenvalue weighted by Crippen LogP contribution is -2.14. The average molecular weight is 371 g/mol. The number of nitrogens with one attached hydrogen (secondary N) is 1. The molecule has 0 spiro atoms. The number of alkyl halides is 3. The standard InChI is InChI=1S/C20H16F3N3O/c21-20(22,23)14-3-1-13(2-4-14)17-11-18(17)19(27)25-15-5-7-16(8-6-15)26-10-9-24-12-26/h1-10,12,17-18H,11H2,(H,25,27). The normalized spacial score (nSPS) is 18.9. The van der Waals surface area contributed by atoms with E-state index in [2.05, 4.69) is 10.3 Å². The van der Waals surface area contributed by atoms with Crippen molar-refractivity contribution in [1.29, 1.82) is 0 Å². The smallest absolute Gasteiger partial charge is 0.326 e. The molecule has 1 aliphatic rings. The molecule has 4 nitrogen and oxygen atoms in total. The summed E-state index contributed by atoms with van der Waals surface area (Å²) in [6.07, 6.45) is 1.50. The van der Waals surface area contributed by atoms with Gasteiger partial charge >= 0.3 is 6.18 Å². The van der Waals surface area contributed by atoms with Gasteiger partial charge in [0.15, 0.2) is 0 Å². The first-order chi connectivity index (χ1) is 12.9. The fourth-order valence-corrected chi connectivity index (χ4v) is 3.14. The SMILES string of the molecule is O=C(Nc1ccc(-n2ccnc2)cc1)C1CC1c1ccc(C(F)(F)F)cc1. The third-order valence-corrected chi connectivity index (χ3v) is 4.73. The van der Waals surface area contributed by atoms with Crippen LogP contribution >= 0.6 is 0 Å². The first kappa shape index (κ1) is 17.3. The zero-order valence-corrected chi connectivity index (χ0v) is 14.1. The molecule has 7 heteroatoms. The number of halogens is 3. The van der Waals surface area contributed by atoms with Crippen molar-refractivity contribution in [3.63, 3.8) is 0 Å². The minimum absolute atomic E-state index is 0.0301. The summed E-state index contributed by atoms with van der Waals surface area (Å²) in [6, 6.07) is 12.4. The number of aromatic nitrogens is 2. The molecule has 2 unspecified atom stereocenters. The van der Waals surface area contributed by atoms with Crippen molar-refractivity contribution in [3.05, 3.63) is 78.4 Å². The van der Waals surface area contributed by atoms with E-state index in [1.54, 1.807) is 12.5 Å². The molecule has 0 bridgehead atoms. The highest BCUT2D eigenvalue weighted by Crippen LogP contribution is 2.48. The van der Waals surface area contributed by atoms with E-state index in [0.29, 0.717) is 12.1 Å². The van der Waals surface area contributed by atoms with Crippen LogP contribution in [0.3, 0.4) is 0 Å². The number of amides is 1. The van der Waals surface area contributed by atoms with Crippen molar-refractivity contribution in [2.75, 3.05) is 5.32 Å². The molecule has 1 N–H and O–H groups in total. The number of anilines is 1. The number of rotatable bonds is 4. The van der Waals surface area contributed by atoms with Gasteiger partial charge in [-0.2, -0.15) is 13.2 Å². The Hall–Kier alpha value is -3.09. The number of carbonyl (C=O) groups excluding carboxylic acids is 1. The van der Waals surface area contributed by atoms with Crippen molar-refractivity contribution < 1.29 is 18.0 Å². The van der Waals surface area contributed by atoms with Gasteiger partial charge in [0.1, 0.15) is 0 Å². The zero-order valence-electron chi connectivity index (χ0n) is 14.1. The van der Waals surface area contributed by atoms with E-state index in [4.69, 9.17) is 0 Å². The molecule has 1 heterocycles. The lowest BCUT2D eigenvalue weighted by molar-refractivity contribution is -0.137. The maximum absolute atomic E-state index is 12.6. The van der Waals surface area contributed by atoms with E-state index in [9.17, 15) is 18.0 Å². The van der Waals surface area contributed by atoms with Crippen LogP contribution in [0, 0.1) is 5.92 Å². The molecule has 0 radical (unpaired) electrons. The summed E-state index contributed by atoms with van der Waals surface area (Å²) in [5, 5.41) is 2.87. The molecule has 1 aliphatic carbocycles. The fourth-order valence-electron chi connectivity index (χ4n) is 3.14. The molecule has 2 atom stereocenters. The van der Waals surface area contributed by atoms with Gasteiger partial charge in [-0.3, -0.25) is 4.79 Å². The van der Waals surface area contributed by atoms with Gasteiger partial charge in [-0.1, -0.05) is 12.1 Å². The Bertz CT molecular complexity index is 932. The van der Waals surface area contributed by atoms with Gasteiger partial charge < -0.3 is 9.88 Å². The monoisotopic (exact) mass is 371 g/mol. The maximum atomic E-state index is 12.6. The number of carbonyl (C=O) groups is 1. The van der Waals surface area contributed by atoms with Gasteiger partial charge in [0, 0.05) is 29.7 Å². The Morgan fingerprint density at radius 3 is 2.37 bits per heavy atom. The third kappa shape index (κ3) is 3.72. The molecule has 1 fully saturated rings. The van der Waals surface area contributed by atoms with Crippen molar-refractivity contribution >= 4 is 11.6 Å². The molecular formula is C20H16F3N3O. The summed E-state index contributed by atoms with van der Waals surface area (Å²) < 4.78 is 39.8. The second-order valence-electron chi connectivity index (χ2n) is 6.57. The van der Waals surface area contributed by atoms with Gasteiger partial charge in [0.25, 0.3) is 0 Å². The molecule has 2 aromatic carbocycles. The minimum Gasteiger partial charge on any atom is -0.326 e. The second-order valence-corrected chi connectivity index (χ2v) is 6.57. The highest BCUT2D eigenvalue weighted by Gasteiger charge is 2.44. The van der Waals surface area contributed by atoms with E-state index >= 15 is 0 Å². The molecule has 3 aromatic rings. The predicted octanol–water partition coefficient (Wildman–Crippen LogP) is 4.63. The Kier molecular flexibility index (Phi) is 4.22. The predicted molar refractivity (Wildman–Crippen MR) is 94.5 cm³/mol. The lowest BCUT2D eigenvalue weighted by Gasteiger charge is -2.08. The summed E-state index contributed by atoms with van der Waals surface area (Å²) in [5.74, 6) is -0.358. The van der Waals surface area contributed by atoms with Crippen LogP contribution in [-0.2, 0) is 11.0 Å². The van der Waals surface area contributed by atoms with Crippen LogP contribution in [0.1, 0.15) is 23.5 Å². The molecule has 1 amide bonds. The molecule has 138 valence electrons. The molecule has 0 saturated heterocycles. The zero-order chi connectivity index (χ0) is 19.0. The Balaban J connectivity index is 1.37. The van der Waals surface area contributed by atoms with Crippen LogP contribution < -0.4 is 5.32 Å². The number of hydrogen-bond acceptors (Lipinski definition) is 2. The molecular weight excluding hydrogens is 355 g/mol. The molecule has 4 rings (SSSR count). The van der Waals surface area contributed by atoms with Crippen LogP contribution in [0.4, 0.5) is 18.9 Å². The van der Waals surface area contributed by atoms with Crippen molar-refractivity contribution in [2.24, 2.45) is 5.92 Å². The fraction of sp³-hybridized carbons (Fsp3) is 0.200. The number of nitrogens with zero attached hydrogens (tertiary/aromatic N) is 2. The molecule has 27 heavy (non-hydrogen) atoms. The van der Waals surface area contributed by atoms with Gasteiger partial charge in [-0.05, 0) is 54.3 Å². The Labute approximate surface area is 153 Å². The largest absolute Gasteiger partial charge is 0.416 e. The van der Waals surface area contributed by atoms with Crippen LogP contribution in [0.25, 0.3) is 5.69 Å². The summed E-state index contributed by atoms with van der Waals surface area (Å²) in [4.78, 5) is 16.4. The van der Waals surface area contributed by atoms with E-state index in [0.717, 1.165) is 23.4 Å². The number of imidazole rings is 1. The van der Waals surface area contributed by atoms with Gasteiger partial charge in [-0.15, -0.1) is 0 Å². The van der Waals surface area contributed by atoms with Gasteiger partial charge in [0.05, 0.1) is 11.9 Å². The molecule has 1 aromatic heterocycles. The van der Waals surface area contributed by atoms with E-state index in [1.807, 2.05) is 35.0 Å². The first-order valence-corrected chi connectivity index (χ1v) is 8.48. The van der Waals surface area contributed by atoms with Crippen LogP contribution in [0.5, 0.6) is 0 Å². The van der Waals surface area contributed by atoms with Crippen LogP contribution in [-0.4, -0.2) is 15.5 Å².